The molecule has 1 heterocycles. The van der Waals surface area contributed by atoms with Gasteiger partial charge >= 0.3 is 11.9 Å². The van der Waals surface area contributed by atoms with E-state index in [1.807, 2.05) is 56.5 Å². The number of rotatable bonds is 10. The number of carboxylic acids is 2. The van der Waals surface area contributed by atoms with Gasteiger partial charge in [-0.2, -0.15) is 0 Å². The highest BCUT2D eigenvalue weighted by molar-refractivity contribution is 5.90. The molecule has 5 nitrogen and oxygen atoms in total. The first-order valence-corrected chi connectivity index (χ1v) is 12.2. The predicted molar refractivity (Wildman–Crippen MR) is 151 cm³/mol. The van der Waals surface area contributed by atoms with Crippen molar-refractivity contribution in [2.75, 3.05) is 11.9 Å². The lowest BCUT2D eigenvalue weighted by Crippen LogP contribution is -2.26. The molecule has 192 valence electrons. The summed E-state index contributed by atoms with van der Waals surface area (Å²) in [5.41, 5.74) is 5.15. The van der Waals surface area contributed by atoms with Crippen molar-refractivity contribution >= 4 is 17.6 Å². The fourth-order valence-electron chi connectivity index (χ4n) is 5.33. The van der Waals surface area contributed by atoms with Gasteiger partial charge in [0.25, 0.3) is 0 Å². The fourth-order valence-corrected chi connectivity index (χ4v) is 5.33. The lowest BCUT2D eigenvalue weighted by Gasteiger charge is -2.32. The number of aromatic carboxylic acids is 2. The Hall–Kier alpha value is -4.12. The van der Waals surface area contributed by atoms with Gasteiger partial charge in [-0.3, -0.25) is 0 Å². The molecular weight excluding hydrogens is 462 g/mol. The Kier molecular flexibility index (Phi) is 7.77. The maximum atomic E-state index is 11.6. The Morgan fingerprint density at radius 3 is 2.27 bits per heavy atom. The van der Waals surface area contributed by atoms with Crippen LogP contribution in [0.4, 0.5) is 5.69 Å². The summed E-state index contributed by atoms with van der Waals surface area (Å²) in [6, 6.07) is 10.4. The minimum atomic E-state index is -0.968. The van der Waals surface area contributed by atoms with Gasteiger partial charge < -0.3 is 15.1 Å². The van der Waals surface area contributed by atoms with Gasteiger partial charge in [-0.1, -0.05) is 43.9 Å². The molecule has 2 N–H and O–H groups in total. The number of benzene rings is 2. The number of carboxylic acid groups (broad SMARTS) is 2. The number of likely N-dealkylation sites (N-methyl/N-ethyl adjacent to an activating group) is 1. The number of aryl methyl sites for hydroxylation is 1. The van der Waals surface area contributed by atoms with E-state index in [1.54, 1.807) is 24.3 Å². The van der Waals surface area contributed by atoms with Crippen molar-refractivity contribution in [2.24, 2.45) is 0 Å². The Morgan fingerprint density at radius 1 is 1.05 bits per heavy atom. The molecule has 5 heteroatoms. The van der Waals surface area contributed by atoms with Crippen LogP contribution in [0.15, 0.2) is 97.8 Å². The third-order valence-corrected chi connectivity index (χ3v) is 7.57. The smallest absolute Gasteiger partial charge is 0.335 e. The molecule has 0 fully saturated rings. The SMILES string of the molecule is C=CCC(C)(C(=C)/C=C/C=C1/N(C)c2ccc(C(=O)O)cc2C1(C)CC=C)c1cc(C(=O)O)ccc1C. The lowest BCUT2D eigenvalue weighted by atomic mass is 9.71. The molecule has 0 radical (unpaired) electrons. The number of hydrogen-bond donors (Lipinski definition) is 2. The number of anilines is 1. The molecule has 2 aromatic carbocycles. The molecule has 2 aromatic rings. The van der Waals surface area contributed by atoms with Gasteiger partial charge in [-0.15, -0.1) is 13.2 Å². The lowest BCUT2D eigenvalue weighted by molar-refractivity contribution is 0.0686. The molecule has 0 spiro atoms. The zero-order valence-corrected chi connectivity index (χ0v) is 22.0. The van der Waals surface area contributed by atoms with Gasteiger partial charge in [0.15, 0.2) is 0 Å². The molecule has 3 rings (SSSR count). The molecule has 1 aliphatic rings. The molecule has 0 aliphatic carbocycles. The number of fused-ring (bicyclic) bond motifs is 1. The van der Waals surface area contributed by atoms with Crippen molar-refractivity contribution in [3.8, 4) is 0 Å². The molecule has 0 aromatic heterocycles. The van der Waals surface area contributed by atoms with Crippen molar-refractivity contribution < 1.29 is 19.8 Å². The summed E-state index contributed by atoms with van der Waals surface area (Å²) >= 11 is 0. The minimum Gasteiger partial charge on any atom is -0.478 e. The molecule has 2 atom stereocenters. The number of nitrogens with zero attached hydrogens (tertiary/aromatic N) is 1. The molecule has 0 amide bonds. The second kappa shape index (κ2) is 10.5. The topological polar surface area (TPSA) is 77.8 Å². The highest BCUT2D eigenvalue weighted by atomic mass is 16.4. The standard InChI is InChI=1S/C32H35NO4/c1-8-17-31(5,25-19-23(29(34)35)14-13-21(25)3)22(4)11-10-12-28-32(6,18-9-2)26-20-24(30(36)37)15-16-27(26)33(28)7/h8-16,19-20H,1-2,4,17-18H2,3,5-7H3,(H,34,35)(H,36,37)/b11-10+,28-12+. The summed E-state index contributed by atoms with van der Waals surface area (Å²) in [4.78, 5) is 25.3. The average Bonchev–Trinajstić information content (AvgIpc) is 3.05. The highest BCUT2D eigenvalue weighted by Gasteiger charge is 2.41. The normalized spacial score (nSPS) is 19.5. The summed E-state index contributed by atoms with van der Waals surface area (Å²) < 4.78 is 0. The Morgan fingerprint density at radius 2 is 1.68 bits per heavy atom. The average molecular weight is 498 g/mol. The van der Waals surface area contributed by atoms with Gasteiger partial charge in [-0.05, 0) is 85.4 Å². The predicted octanol–water partition coefficient (Wildman–Crippen LogP) is 7.21. The van der Waals surface area contributed by atoms with Crippen LogP contribution in [-0.4, -0.2) is 29.2 Å². The first kappa shape index (κ1) is 27.5. The van der Waals surface area contributed by atoms with E-state index in [0.29, 0.717) is 12.8 Å². The molecule has 0 saturated heterocycles. The van der Waals surface area contributed by atoms with Crippen LogP contribution in [0.1, 0.15) is 64.1 Å². The first-order chi connectivity index (χ1) is 17.4. The molecule has 2 unspecified atom stereocenters. The van der Waals surface area contributed by atoms with Crippen LogP contribution in [0.2, 0.25) is 0 Å². The van der Waals surface area contributed by atoms with Crippen LogP contribution in [0.5, 0.6) is 0 Å². The number of carbonyl (C=O) groups is 2. The third kappa shape index (κ3) is 4.94. The fraction of sp³-hybridized carbons (Fsp3) is 0.250. The monoisotopic (exact) mass is 497 g/mol. The summed E-state index contributed by atoms with van der Waals surface area (Å²) in [6.07, 6.45) is 10.9. The summed E-state index contributed by atoms with van der Waals surface area (Å²) in [7, 11) is 1.98. The van der Waals surface area contributed by atoms with Crippen molar-refractivity contribution in [3.05, 3.63) is 126 Å². The Balaban J connectivity index is 2.04. The van der Waals surface area contributed by atoms with Gasteiger partial charge in [0, 0.05) is 29.3 Å². The van der Waals surface area contributed by atoms with Crippen LogP contribution in [-0.2, 0) is 10.8 Å². The maximum absolute atomic E-state index is 11.6. The molecule has 0 saturated carbocycles. The van der Waals surface area contributed by atoms with Crippen LogP contribution < -0.4 is 4.90 Å². The largest absolute Gasteiger partial charge is 0.478 e. The second-order valence-corrected chi connectivity index (χ2v) is 10.0. The van der Waals surface area contributed by atoms with E-state index in [4.69, 9.17) is 0 Å². The van der Waals surface area contributed by atoms with E-state index in [0.717, 1.165) is 33.6 Å². The van der Waals surface area contributed by atoms with Crippen molar-refractivity contribution in [1.82, 2.24) is 0 Å². The molecule has 37 heavy (non-hydrogen) atoms. The second-order valence-electron chi connectivity index (χ2n) is 10.0. The molecule has 1 aliphatic heterocycles. The minimum absolute atomic E-state index is 0.237. The molecule has 0 bridgehead atoms. The van der Waals surface area contributed by atoms with Crippen LogP contribution in [0.3, 0.4) is 0 Å². The van der Waals surface area contributed by atoms with Crippen molar-refractivity contribution in [1.29, 1.82) is 0 Å². The van der Waals surface area contributed by atoms with E-state index >= 15 is 0 Å². The third-order valence-electron chi connectivity index (χ3n) is 7.57. The van der Waals surface area contributed by atoms with Gasteiger partial charge in [0.05, 0.1) is 11.1 Å². The van der Waals surface area contributed by atoms with Crippen LogP contribution in [0.25, 0.3) is 0 Å². The van der Waals surface area contributed by atoms with Gasteiger partial charge in [0.1, 0.15) is 0 Å². The quantitative estimate of drug-likeness (QED) is 0.268. The van der Waals surface area contributed by atoms with Crippen LogP contribution in [0, 0.1) is 6.92 Å². The van der Waals surface area contributed by atoms with Gasteiger partial charge in [0.2, 0.25) is 0 Å². The summed E-state index contributed by atoms with van der Waals surface area (Å²) in [5, 5.41) is 19.1. The zero-order chi connectivity index (χ0) is 27.5. The number of allylic oxidation sites excluding steroid dienone is 7. The maximum Gasteiger partial charge on any atom is 0.335 e. The number of hydrogen-bond acceptors (Lipinski definition) is 3. The first-order valence-electron chi connectivity index (χ1n) is 12.2. The van der Waals surface area contributed by atoms with E-state index in [1.165, 1.54) is 0 Å². The summed E-state index contributed by atoms with van der Waals surface area (Å²) in [6.45, 7) is 18.3. The van der Waals surface area contributed by atoms with E-state index in [9.17, 15) is 19.8 Å². The van der Waals surface area contributed by atoms with E-state index in [2.05, 4.69) is 38.5 Å². The summed E-state index contributed by atoms with van der Waals surface area (Å²) in [5.74, 6) is -1.92. The van der Waals surface area contributed by atoms with Crippen molar-refractivity contribution in [3.63, 3.8) is 0 Å². The Labute approximate surface area is 219 Å². The molecular formula is C32H35NO4. The van der Waals surface area contributed by atoms with E-state index < -0.39 is 22.8 Å². The highest BCUT2D eigenvalue weighted by Crippen LogP contribution is 2.49. The van der Waals surface area contributed by atoms with Gasteiger partial charge in [-0.25, -0.2) is 9.59 Å². The van der Waals surface area contributed by atoms with E-state index in [-0.39, 0.29) is 11.1 Å². The van der Waals surface area contributed by atoms with Crippen molar-refractivity contribution in [2.45, 2.75) is 44.4 Å². The zero-order valence-electron chi connectivity index (χ0n) is 22.0. The Bertz CT molecular complexity index is 1350. The van der Waals surface area contributed by atoms with Crippen LogP contribution >= 0.6 is 0 Å².